The van der Waals surface area contributed by atoms with Crippen molar-refractivity contribution in [2.75, 3.05) is 0 Å². The molecule has 0 unspecified atom stereocenters. The van der Waals surface area contributed by atoms with Crippen LogP contribution < -0.4 is 5.73 Å². The molecule has 1 fully saturated rings. The molecule has 0 aliphatic heterocycles. The van der Waals surface area contributed by atoms with Crippen LogP contribution >= 0.6 is 0 Å². The van der Waals surface area contributed by atoms with Crippen LogP contribution in [0.15, 0.2) is 35.5 Å². The molecule has 1 aromatic rings. The van der Waals surface area contributed by atoms with Gasteiger partial charge in [-0.3, -0.25) is 0 Å². The zero-order chi connectivity index (χ0) is 12.8. The predicted octanol–water partition coefficient (Wildman–Crippen LogP) is 3.74. The van der Waals surface area contributed by atoms with E-state index in [0.29, 0.717) is 0 Å². The summed E-state index contributed by atoms with van der Waals surface area (Å²) in [5.74, 6) is 0.854. The molecule has 3 nitrogen and oxygen atoms in total. The van der Waals surface area contributed by atoms with Crippen molar-refractivity contribution in [3.8, 4) is 0 Å². The van der Waals surface area contributed by atoms with Crippen LogP contribution in [0.1, 0.15) is 50.6 Å². The molecule has 2 rings (SSSR count). The Labute approximate surface area is 109 Å². The number of hydrogen-bond donors (Lipinski definition) is 2. The van der Waals surface area contributed by atoms with Gasteiger partial charge < -0.3 is 10.9 Å². The Bertz CT molecular complexity index is 434. The lowest BCUT2D eigenvalue weighted by Crippen LogP contribution is -2.06. The molecular formula is C15H22N2O. The van der Waals surface area contributed by atoms with E-state index in [-0.39, 0.29) is 7.26 Å². The highest BCUT2D eigenvalue weighted by Gasteiger charge is 2.14. The molecule has 0 atom stereocenters. The Balaban J connectivity index is 0.00000180. The standard InChI is InChI=1S/C15H20N2O.H2/c16-15(17-18)11-8-12-6-9-14(10-7-12)13-4-2-1-3-5-13;/h6-11,13,18H,1-5H2,(H2,16,17);1H/b11-8+;. The molecule has 0 heterocycles. The lowest BCUT2D eigenvalue weighted by Gasteiger charge is -2.21. The van der Waals surface area contributed by atoms with Crippen LogP contribution in [0.25, 0.3) is 6.08 Å². The summed E-state index contributed by atoms with van der Waals surface area (Å²) in [6.07, 6.45) is 10.2. The Morgan fingerprint density at radius 2 is 1.89 bits per heavy atom. The van der Waals surface area contributed by atoms with Crippen molar-refractivity contribution in [2.45, 2.75) is 38.0 Å². The number of oxime groups is 1. The fourth-order valence-electron chi connectivity index (χ4n) is 2.53. The second-order valence-electron chi connectivity index (χ2n) is 4.86. The normalized spacial score (nSPS) is 18.3. The summed E-state index contributed by atoms with van der Waals surface area (Å²) in [5, 5.41) is 11.3. The third-order valence-electron chi connectivity index (χ3n) is 3.58. The first-order valence-electron chi connectivity index (χ1n) is 6.55. The van der Waals surface area contributed by atoms with Gasteiger partial charge in [-0.15, -0.1) is 0 Å². The molecule has 1 aliphatic rings. The van der Waals surface area contributed by atoms with Crippen LogP contribution in [-0.2, 0) is 0 Å². The van der Waals surface area contributed by atoms with Crippen molar-refractivity contribution in [3.63, 3.8) is 0 Å². The summed E-state index contributed by atoms with van der Waals surface area (Å²) in [6, 6.07) is 8.57. The highest BCUT2D eigenvalue weighted by atomic mass is 16.4. The van der Waals surface area contributed by atoms with E-state index < -0.39 is 0 Å². The van der Waals surface area contributed by atoms with E-state index in [1.807, 2.05) is 6.08 Å². The summed E-state index contributed by atoms with van der Waals surface area (Å²) in [6.45, 7) is 0. The maximum absolute atomic E-state index is 8.44. The summed E-state index contributed by atoms with van der Waals surface area (Å²) in [7, 11) is 0. The SMILES string of the molecule is NC(/C=C/c1ccc(C2CCCCC2)cc1)=N\O.[HH]. The van der Waals surface area contributed by atoms with E-state index in [4.69, 9.17) is 10.9 Å². The Kier molecular flexibility index (Phi) is 4.40. The minimum atomic E-state index is 0. The van der Waals surface area contributed by atoms with E-state index in [9.17, 15) is 0 Å². The third kappa shape index (κ3) is 3.36. The molecule has 0 aromatic heterocycles. The molecule has 0 spiro atoms. The predicted molar refractivity (Wildman–Crippen MR) is 76.8 cm³/mol. The molecule has 18 heavy (non-hydrogen) atoms. The maximum Gasteiger partial charge on any atom is 0.162 e. The fourth-order valence-corrected chi connectivity index (χ4v) is 2.53. The van der Waals surface area contributed by atoms with Gasteiger partial charge >= 0.3 is 0 Å². The minimum absolute atomic E-state index is 0. The number of nitrogens with zero attached hydrogens (tertiary/aromatic N) is 1. The highest BCUT2D eigenvalue weighted by Crippen LogP contribution is 2.32. The number of hydrogen-bond acceptors (Lipinski definition) is 2. The van der Waals surface area contributed by atoms with Crippen LogP contribution in [0.3, 0.4) is 0 Å². The number of nitrogens with two attached hydrogens (primary N) is 1. The van der Waals surface area contributed by atoms with Gasteiger partial charge in [-0.1, -0.05) is 54.8 Å². The molecule has 0 amide bonds. The second kappa shape index (κ2) is 6.24. The average molecular weight is 246 g/mol. The summed E-state index contributed by atoms with van der Waals surface area (Å²) >= 11 is 0. The summed E-state index contributed by atoms with van der Waals surface area (Å²) < 4.78 is 0. The van der Waals surface area contributed by atoms with Gasteiger partial charge in [-0.2, -0.15) is 0 Å². The number of rotatable bonds is 3. The van der Waals surface area contributed by atoms with Crippen LogP contribution in [0.2, 0.25) is 0 Å². The van der Waals surface area contributed by atoms with Gasteiger partial charge in [0.1, 0.15) is 0 Å². The first-order chi connectivity index (χ1) is 8.79. The van der Waals surface area contributed by atoms with Gasteiger partial charge in [0.25, 0.3) is 0 Å². The molecule has 3 heteroatoms. The van der Waals surface area contributed by atoms with Crippen molar-refractivity contribution < 1.29 is 6.63 Å². The minimum Gasteiger partial charge on any atom is -0.409 e. The topological polar surface area (TPSA) is 58.6 Å². The molecule has 0 saturated heterocycles. The lowest BCUT2D eigenvalue weighted by molar-refractivity contribution is 0.319. The van der Waals surface area contributed by atoms with Crippen LogP contribution in [0.5, 0.6) is 0 Å². The maximum atomic E-state index is 8.44. The molecule has 1 saturated carbocycles. The molecule has 98 valence electrons. The Hall–Kier alpha value is -1.77. The Morgan fingerprint density at radius 3 is 2.50 bits per heavy atom. The molecule has 1 aliphatic carbocycles. The van der Waals surface area contributed by atoms with E-state index in [0.717, 1.165) is 11.5 Å². The van der Waals surface area contributed by atoms with Gasteiger partial charge in [0.05, 0.1) is 0 Å². The fraction of sp³-hybridized carbons (Fsp3) is 0.400. The molecule has 3 N–H and O–H groups in total. The van der Waals surface area contributed by atoms with Crippen molar-refractivity contribution in [2.24, 2.45) is 10.9 Å². The monoisotopic (exact) mass is 246 g/mol. The zero-order valence-corrected chi connectivity index (χ0v) is 10.5. The summed E-state index contributed by atoms with van der Waals surface area (Å²) in [5.41, 5.74) is 7.89. The lowest BCUT2D eigenvalue weighted by atomic mass is 9.84. The zero-order valence-electron chi connectivity index (χ0n) is 10.5. The van der Waals surface area contributed by atoms with Crippen LogP contribution in [-0.4, -0.2) is 11.0 Å². The average Bonchev–Trinajstić information content (AvgIpc) is 2.46. The number of amidine groups is 1. The van der Waals surface area contributed by atoms with Gasteiger partial charge in [0.2, 0.25) is 0 Å². The first-order valence-corrected chi connectivity index (χ1v) is 6.55. The first kappa shape index (κ1) is 12.7. The third-order valence-corrected chi connectivity index (χ3v) is 3.58. The van der Waals surface area contributed by atoms with E-state index >= 15 is 0 Å². The summed E-state index contributed by atoms with van der Waals surface area (Å²) in [4.78, 5) is 0. The highest BCUT2D eigenvalue weighted by molar-refractivity contribution is 5.94. The quantitative estimate of drug-likeness (QED) is 0.369. The van der Waals surface area contributed by atoms with Gasteiger partial charge in [0.15, 0.2) is 5.84 Å². The van der Waals surface area contributed by atoms with Crippen LogP contribution in [0.4, 0.5) is 0 Å². The van der Waals surface area contributed by atoms with Crippen molar-refractivity contribution in [1.29, 1.82) is 0 Å². The van der Waals surface area contributed by atoms with Crippen molar-refractivity contribution >= 4 is 11.9 Å². The van der Waals surface area contributed by atoms with Crippen LogP contribution in [0, 0.1) is 0 Å². The van der Waals surface area contributed by atoms with E-state index in [1.165, 1.54) is 37.7 Å². The van der Waals surface area contributed by atoms with Crippen molar-refractivity contribution in [1.82, 2.24) is 0 Å². The molecule has 0 bridgehead atoms. The number of benzene rings is 1. The second-order valence-corrected chi connectivity index (χ2v) is 4.86. The van der Waals surface area contributed by atoms with Gasteiger partial charge in [-0.25, -0.2) is 0 Å². The Morgan fingerprint density at radius 1 is 1.22 bits per heavy atom. The van der Waals surface area contributed by atoms with Gasteiger partial charge in [-0.05, 0) is 36.0 Å². The molecule has 1 aromatic carbocycles. The van der Waals surface area contributed by atoms with Gasteiger partial charge in [0, 0.05) is 1.43 Å². The molecular weight excluding hydrogens is 224 g/mol. The molecule has 0 radical (unpaired) electrons. The smallest absolute Gasteiger partial charge is 0.162 e. The largest absolute Gasteiger partial charge is 0.409 e. The van der Waals surface area contributed by atoms with E-state index in [2.05, 4.69) is 29.4 Å². The van der Waals surface area contributed by atoms with Crippen molar-refractivity contribution in [3.05, 3.63) is 41.5 Å². The van der Waals surface area contributed by atoms with E-state index in [1.54, 1.807) is 6.08 Å².